The summed E-state index contributed by atoms with van der Waals surface area (Å²) in [5.74, 6) is -12.3. The van der Waals surface area contributed by atoms with E-state index in [2.05, 4.69) is 6.58 Å². The Morgan fingerprint density at radius 1 is 0.970 bits per heavy atom. The average Bonchev–Trinajstić information content (AvgIpc) is 2.78. The third-order valence-corrected chi connectivity index (χ3v) is 6.72. The van der Waals surface area contributed by atoms with E-state index in [4.69, 9.17) is 4.74 Å². The van der Waals surface area contributed by atoms with Gasteiger partial charge in [-0.15, -0.1) is 6.58 Å². The van der Waals surface area contributed by atoms with E-state index in [1.165, 1.54) is 24.3 Å². The van der Waals surface area contributed by atoms with E-state index in [1.54, 1.807) is 13.0 Å². The lowest BCUT2D eigenvalue weighted by Gasteiger charge is -2.37. The maximum atomic E-state index is 15.5. The van der Waals surface area contributed by atoms with Gasteiger partial charge in [-0.05, 0) is 54.7 Å². The van der Waals surface area contributed by atoms with Gasteiger partial charge in [-0.3, -0.25) is 0 Å². The van der Waals surface area contributed by atoms with Crippen molar-refractivity contribution in [2.75, 3.05) is 6.61 Å². The Kier molecular flexibility index (Phi) is 6.38. The molecule has 0 spiro atoms. The van der Waals surface area contributed by atoms with Gasteiger partial charge in [-0.1, -0.05) is 43.7 Å². The van der Waals surface area contributed by atoms with Gasteiger partial charge < -0.3 is 4.74 Å². The van der Waals surface area contributed by atoms with Gasteiger partial charge >= 0.3 is 11.8 Å². The Morgan fingerprint density at radius 2 is 1.61 bits per heavy atom. The fourth-order valence-electron chi connectivity index (χ4n) is 4.93. The number of rotatable bonds is 6. The molecule has 33 heavy (non-hydrogen) atoms. The van der Waals surface area contributed by atoms with Crippen molar-refractivity contribution in [2.24, 2.45) is 5.92 Å². The maximum absolute atomic E-state index is 15.5. The molecule has 2 atom stereocenters. The highest BCUT2D eigenvalue weighted by atomic mass is 19.3. The van der Waals surface area contributed by atoms with Crippen LogP contribution >= 0.6 is 0 Å². The fourth-order valence-corrected chi connectivity index (χ4v) is 4.93. The molecule has 178 valence electrons. The van der Waals surface area contributed by atoms with Crippen molar-refractivity contribution in [3.05, 3.63) is 70.8 Å². The van der Waals surface area contributed by atoms with Crippen LogP contribution in [0.25, 0.3) is 11.1 Å². The lowest BCUT2D eigenvalue weighted by atomic mass is 9.77. The summed E-state index contributed by atoms with van der Waals surface area (Å²) in [6.07, 6.45) is 4.35. The number of ether oxygens (including phenoxy) is 1. The lowest BCUT2D eigenvalue weighted by Crippen LogP contribution is -2.41. The maximum Gasteiger partial charge on any atom is 0.343 e. The molecule has 1 heterocycles. The minimum atomic E-state index is -4.91. The number of fused-ring (bicyclic) bond motifs is 3. The number of allylic oxidation sites excluding steroid dienone is 1. The summed E-state index contributed by atoms with van der Waals surface area (Å²) in [4.78, 5) is 0. The van der Waals surface area contributed by atoms with E-state index in [0.29, 0.717) is 25.9 Å². The van der Waals surface area contributed by atoms with Gasteiger partial charge in [0.1, 0.15) is 11.6 Å². The molecule has 7 heteroatoms. The predicted octanol–water partition coefficient (Wildman–Crippen LogP) is 8.22. The van der Waals surface area contributed by atoms with Crippen molar-refractivity contribution in [3.63, 3.8) is 0 Å². The van der Waals surface area contributed by atoms with Crippen molar-refractivity contribution in [1.29, 1.82) is 0 Å². The standard InChI is InChI=1S/C26H26F6O/c1-3-5-7-15-8-13-20(33-14-15)19-12-11-18-17-10-9-16(6-4-2)23(27)21(17)25(29,30)26(31,32)22(18)24(19)28/h3,9-12,15,20H,1,4-8,13-14H2,2H3. The number of alkyl halides is 4. The third-order valence-electron chi connectivity index (χ3n) is 6.72. The van der Waals surface area contributed by atoms with Gasteiger partial charge in [0.2, 0.25) is 0 Å². The van der Waals surface area contributed by atoms with Crippen LogP contribution in [-0.4, -0.2) is 6.61 Å². The highest BCUT2D eigenvalue weighted by Crippen LogP contribution is 2.60. The Balaban J connectivity index is 1.78. The highest BCUT2D eigenvalue weighted by molar-refractivity contribution is 5.77. The molecule has 0 amide bonds. The predicted molar refractivity (Wildman–Crippen MR) is 114 cm³/mol. The van der Waals surface area contributed by atoms with Gasteiger partial charge in [0.05, 0.1) is 23.8 Å². The molecule has 0 aromatic heterocycles. The molecule has 1 saturated heterocycles. The van der Waals surface area contributed by atoms with E-state index < -0.39 is 51.8 Å². The summed E-state index contributed by atoms with van der Waals surface area (Å²) < 4.78 is 96.6. The molecule has 2 aromatic rings. The van der Waals surface area contributed by atoms with Crippen LogP contribution in [0.5, 0.6) is 0 Å². The molecule has 0 N–H and O–H groups in total. The van der Waals surface area contributed by atoms with Crippen molar-refractivity contribution in [1.82, 2.24) is 0 Å². The zero-order chi connectivity index (χ0) is 24.0. The zero-order valence-electron chi connectivity index (χ0n) is 18.4. The van der Waals surface area contributed by atoms with Crippen LogP contribution in [-0.2, 0) is 23.0 Å². The average molecular weight is 468 g/mol. The molecular weight excluding hydrogens is 442 g/mol. The molecule has 1 aliphatic carbocycles. The van der Waals surface area contributed by atoms with E-state index in [1.807, 2.05) is 0 Å². The van der Waals surface area contributed by atoms with E-state index in [0.717, 1.165) is 12.8 Å². The molecule has 2 unspecified atom stereocenters. The molecule has 4 rings (SSSR count). The molecule has 1 fully saturated rings. The first-order valence-corrected chi connectivity index (χ1v) is 11.3. The molecule has 1 nitrogen and oxygen atoms in total. The quantitative estimate of drug-likeness (QED) is 0.307. The number of hydrogen-bond acceptors (Lipinski definition) is 1. The monoisotopic (exact) mass is 468 g/mol. The van der Waals surface area contributed by atoms with E-state index in [-0.39, 0.29) is 23.5 Å². The normalized spacial score (nSPS) is 23.0. The minimum absolute atomic E-state index is 0.0612. The fraction of sp³-hybridized carbons (Fsp3) is 0.462. The Morgan fingerprint density at radius 3 is 2.18 bits per heavy atom. The van der Waals surface area contributed by atoms with Gasteiger partial charge in [0, 0.05) is 5.56 Å². The largest absolute Gasteiger partial charge is 0.373 e. The van der Waals surface area contributed by atoms with Gasteiger partial charge in [-0.25, -0.2) is 8.78 Å². The Bertz CT molecular complexity index is 1050. The molecule has 2 aliphatic rings. The second kappa shape index (κ2) is 8.82. The van der Waals surface area contributed by atoms with Gasteiger partial charge in [-0.2, -0.15) is 17.6 Å². The summed E-state index contributed by atoms with van der Waals surface area (Å²) in [5, 5.41) is 0. The van der Waals surface area contributed by atoms with Crippen LogP contribution in [0.4, 0.5) is 26.3 Å². The summed E-state index contributed by atoms with van der Waals surface area (Å²) in [5.41, 5.74) is -3.80. The molecule has 2 aromatic carbocycles. The van der Waals surface area contributed by atoms with Crippen LogP contribution in [0, 0.1) is 17.6 Å². The Labute approximate surface area is 189 Å². The molecule has 0 radical (unpaired) electrons. The SMILES string of the molecule is C=CCCC1CCC(c2ccc3c(c2F)C(F)(F)C(F)(F)c2c-3ccc(CCC)c2F)OC1. The van der Waals surface area contributed by atoms with E-state index in [9.17, 15) is 4.39 Å². The topological polar surface area (TPSA) is 9.23 Å². The molecule has 0 saturated carbocycles. The summed E-state index contributed by atoms with van der Waals surface area (Å²) in [6.45, 7) is 5.73. The first kappa shape index (κ1) is 23.9. The number of aryl methyl sites for hydroxylation is 1. The van der Waals surface area contributed by atoms with Crippen LogP contribution < -0.4 is 0 Å². The number of benzene rings is 2. The zero-order valence-corrected chi connectivity index (χ0v) is 18.4. The smallest absolute Gasteiger partial charge is 0.343 e. The van der Waals surface area contributed by atoms with Crippen molar-refractivity contribution in [2.45, 2.75) is 63.4 Å². The van der Waals surface area contributed by atoms with Crippen LogP contribution in [0.3, 0.4) is 0 Å². The van der Waals surface area contributed by atoms with Gasteiger partial charge in [0.15, 0.2) is 0 Å². The summed E-state index contributed by atoms with van der Waals surface area (Å²) in [6, 6.07) is 4.97. The molecule has 1 aliphatic heterocycles. The second-order valence-electron chi connectivity index (χ2n) is 8.88. The second-order valence-corrected chi connectivity index (χ2v) is 8.88. The minimum Gasteiger partial charge on any atom is -0.373 e. The summed E-state index contributed by atoms with van der Waals surface area (Å²) >= 11 is 0. The van der Waals surface area contributed by atoms with Crippen molar-refractivity contribution < 1.29 is 31.1 Å². The molecular formula is C26H26F6O. The number of halogens is 6. The van der Waals surface area contributed by atoms with Crippen molar-refractivity contribution in [3.8, 4) is 11.1 Å². The van der Waals surface area contributed by atoms with Gasteiger partial charge in [0.25, 0.3) is 0 Å². The van der Waals surface area contributed by atoms with Crippen molar-refractivity contribution >= 4 is 0 Å². The first-order chi connectivity index (χ1) is 15.6. The summed E-state index contributed by atoms with van der Waals surface area (Å²) in [7, 11) is 0. The lowest BCUT2D eigenvalue weighted by molar-refractivity contribution is -0.228. The first-order valence-electron chi connectivity index (χ1n) is 11.3. The van der Waals surface area contributed by atoms with Crippen LogP contribution in [0.15, 0.2) is 36.9 Å². The van der Waals surface area contributed by atoms with E-state index >= 15 is 22.0 Å². The molecule has 0 bridgehead atoms. The van der Waals surface area contributed by atoms with Crippen LogP contribution in [0.2, 0.25) is 0 Å². The third kappa shape index (κ3) is 3.78. The Hall–Kier alpha value is -2.28. The number of hydrogen-bond donors (Lipinski definition) is 0. The highest BCUT2D eigenvalue weighted by Gasteiger charge is 2.65. The van der Waals surface area contributed by atoms with Crippen LogP contribution in [0.1, 0.15) is 67.4 Å².